The predicted molar refractivity (Wildman–Crippen MR) is 77.6 cm³/mol. The zero-order valence-corrected chi connectivity index (χ0v) is 12.0. The maximum atomic E-state index is 6.03. The molecule has 1 aliphatic heterocycles. The third-order valence-electron chi connectivity index (χ3n) is 3.26. The molecule has 98 valence electrons. The molecule has 5 heteroatoms. The van der Waals surface area contributed by atoms with Crippen LogP contribution < -0.4 is 5.32 Å². The van der Waals surface area contributed by atoms with Crippen LogP contribution in [0.25, 0.3) is 11.4 Å². The van der Waals surface area contributed by atoms with E-state index in [1.807, 2.05) is 19.1 Å². The number of hydrogen-bond acceptors (Lipinski definition) is 3. The lowest BCUT2D eigenvalue weighted by Crippen LogP contribution is -2.26. The number of nitrogens with zero attached hydrogens (tertiary/aromatic N) is 2. The number of fused-ring (bicyclic) bond motifs is 1. The van der Waals surface area contributed by atoms with Crippen molar-refractivity contribution < 1.29 is 0 Å². The average molecular weight is 294 g/mol. The Morgan fingerprint density at radius 2 is 1.84 bits per heavy atom. The summed E-state index contributed by atoms with van der Waals surface area (Å²) in [6.07, 6.45) is 0.984. The SMILES string of the molecule is Cc1nc(-c2cc(Cl)cc(Cl)c2)nc2c1CCNC2. The van der Waals surface area contributed by atoms with E-state index in [-0.39, 0.29) is 0 Å². The van der Waals surface area contributed by atoms with E-state index in [1.165, 1.54) is 5.56 Å². The van der Waals surface area contributed by atoms with Crippen LogP contribution >= 0.6 is 23.2 Å². The number of hydrogen-bond donors (Lipinski definition) is 1. The molecule has 0 saturated heterocycles. The average Bonchev–Trinajstić information content (AvgIpc) is 2.37. The maximum Gasteiger partial charge on any atom is 0.159 e. The van der Waals surface area contributed by atoms with Crippen LogP contribution in [-0.4, -0.2) is 16.5 Å². The van der Waals surface area contributed by atoms with Gasteiger partial charge in [0.1, 0.15) is 0 Å². The number of halogens is 2. The van der Waals surface area contributed by atoms with Crippen LogP contribution in [0.5, 0.6) is 0 Å². The molecular formula is C14H13Cl2N3. The largest absolute Gasteiger partial charge is 0.311 e. The number of rotatable bonds is 1. The molecule has 19 heavy (non-hydrogen) atoms. The molecule has 0 atom stereocenters. The molecule has 0 fully saturated rings. The number of aromatic nitrogens is 2. The highest BCUT2D eigenvalue weighted by atomic mass is 35.5. The first kappa shape index (κ1) is 12.9. The van der Waals surface area contributed by atoms with E-state index in [0.29, 0.717) is 15.9 Å². The van der Waals surface area contributed by atoms with Gasteiger partial charge in [0.25, 0.3) is 0 Å². The molecular weight excluding hydrogens is 281 g/mol. The van der Waals surface area contributed by atoms with Crippen LogP contribution in [0.2, 0.25) is 10.0 Å². The first-order valence-electron chi connectivity index (χ1n) is 6.17. The molecule has 3 rings (SSSR count). The van der Waals surface area contributed by atoms with Gasteiger partial charge in [-0.15, -0.1) is 0 Å². The Morgan fingerprint density at radius 3 is 2.58 bits per heavy atom. The highest BCUT2D eigenvalue weighted by Gasteiger charge is 2.16. The second-order valence-corrected chi connectivity index (χ2v) is 5.52. The summed E-state index contributed by atoms with van der Waals surface area (Å²) in [7, 11) is 0. The molecule has 0 aliphatic carbocycles. The monoisotopic (exact) mass is 293 g/mol. The van der Waals surface area contributed by atoms with Gasteiger partial charge >= 0.3 is 0 Å². The summed E-state index contributed by atoms with van der Waals surface area (Å²) in [5, 5.41) is 4.52. The number of benzene rings is 1. The van der Waals surface area contributed by atoms with Gasteiger partial charge in [0.15, 0.2) is 5.82 Å². The van der Waals surface area contributed by atoms with Crippen molar-refractivity contribution in [2.75, 3.05) is 6.54 Å². The maximum absolute atomic E-state index is 6.03. The molecule has 1 aromatic heterocycles. The van der Waals surface area contributed by atoms with E-state index in [0.717, 1.165) is 36.5 Å². The van der Waals surface area contributed by atoms with Gasteiger partial charge in [0, 0.05) is 27.8 Å². The minimum absolute atomic E-state index is 0.597. The fourth-order valence-corrected chi connectivity index (χ4v) is 2.89. The molecule has 2 aromatic rings. The standard InChI is InChI=1S/C14H13Cl2N3/c1-8-12-2-3-17-7-13(12)19-14(18-8)9-4-10(15)6-11(16)5-9/h4-6,17H,2-3,7H2,1H3. The van der Waals surface area contributed by atoms with Crippen molar-refractivity contribution in [3.05, 3.63) is 45.2 Å². The van der Waals surface area contributed by atoms with Gasteiger partial charge in [-0.3, -0.25) is 0 Å². The Balaban J connectivity index is 2.12. The summed E-state index contributed by atoms with van der Waals surface area (Å²) in [6, 6.07) is 5.38. The fourth-order valence-electron chi connectivity index (χ4n) is 2.36. The smallest absolute Gasteiger partial charge is 0.159 e. The molecule has 2 heterocycles. The van der Waals surface area contributed by atoms with Crippen LogP contribution in [0.3, 0.4) is 0 Å². The predicted octanol–water partition coefficient (Wildman–Crippen LogP) is 3.40. The van der Waals surface area contributed by atoms with Gasteiger partial charge in [-0.05, 0) is 43.7 Å². The summed E-state index contributed by atoms with van der Waals surface area (Å²) in [6.45, 7) is 3.81. The minimum Gasteiger partial charge on any atom is -0.311 e. The molecule has 0 unspecified atom stereocenters. The quantitative estimate of drug-likeness (QED) is 0.876. The van der Waals surface area contributed by atoms with Gasteiger partial charge in [0.2, 0.25) is 0 Å². The van der Waals surface area contributed by atoms with Crippen molar-refractivity contribution >= 4 is 23.2 Å². The van der Waals surface area contributed by atoms with Crippen molar-refractivity contribution in [1.29, 1.82) is 0 Å². The second-order valence-electron chi connectivity index (χ2n) is 4.64. The van der Waals surface area contributed by atoms with E-state index in [9.17, 15) is 0 Å². The van der Waals surface area contributed by atoms with Crippen molar-refractivity contribution in [3.8, 4) is 11.4 Å². The summed E-state index contributed by atoms with van der Waals surface area (Å²) >= 11 is 12.1. The summed E-state index contributed by atoms with van der Waals surface area (Å²) in [4.78, 5) is 9.22. The minimum atomic E-state index is 0.597. The summed E-state index contributed by atoms with van der Waals surface area (Å²) < 4.78 is 0. The Hall–Kier alpha value is -1.16. The molecule has 0 amide bonds. The van der Waals surface area contributed by atoms with E-state index >= 15 is 0 Å². The van der Waals surface area contributed by atoms with Gasteiger partial charge in [-0.25, -0.2) is 9.97 Å². The molecule has 1 aliphatic rings. The van der Waals surface area contributed by atoms with Crippen molar-refractivity contribution in [2.45, 2.75) is 19.9 Å². The highest BCUT2D eigenvalue weighted by Crippen LogP contribution is 2.26. The summed E-state index contributed by atoms with van der Waals surface area (Å²) in [5.74, 6) is 0.685. The second kappa shape index (κ2) is 5.08. The lowest BCUT2D eigenvalue weighted by atomic mass is 10.0. The van der Waals surface area contributed by atoms with Crippen molar-refractivity contribution in [3.63, 3.8) is 0 Å². The Bertz CT molecular complexity index is 621. The van der Waals surface area contributed by atoms with Crippen LogP contribution in [0.15, 0.2) is 18.2 Å². The van der Waals surface area contributed by atoms with Gasteiger partial charge in [0.05, 0.1) is 5.69 Å². The summed E-state index contributed by atoms with van der Waals surface area (Å²) in [5.41, 5.74) is 4.23. The molecule has 3 nitrogen and oxygen atoms in total. The zero-order valence-electron chi connectivity index (χ0n) is 10.5. The van der Waals surface area contributed by atoms with Gasteiger partial charge in [-0.2, -0.15) is 0 Å². The third kappa shape index (κ3) is 2.59. The lowest BCUT2D eigenvalue weighted by Gasteiger charge is -2.18. The molecule has 0 spiro atoms. The topological polar surface area (TPSA) is 37.8 Å². The van der Waals surface area contributed by atoms with E-state index in [2.05, 4.69) is 15.3 Å². The fraction of sp³-hybridized carbons (Fsp3) is 0.286. The van der Waals surface area contributed by atoms with Crippen LogP contribution in [0.4, 0.5) is 0 Å². The normalized spacial score (nSPS) is 14.3. The first-order chi connectivity index (χ1) is 9.13. The highest BCUT2D eigenvalue weighted by molar-refractivity contribution is 6.35. The van der Waals surface area contributed by atoms with Gasteiger partial charge < -0.3 is 5.32 Å². The molecule has 0 bridgehead atoms. The first-order valence-corrected chi connectivity index (χ1v) is 6.92. The van der Waals surface area contributed by atoms with Crippen molar-refractivity contribution in [2.24, 2.45) is 0 Å². The lowest BCUT2D eigenvalue weighted by molar-refractivity contribution is 0.620. The Morgan fingerprint density at radius 1 is 1.11 bits per heavy atom. The Labute approximate surface area is 122 Å². The van der Waals surface area contributed by atoms with Crippen LogP contribution in [0.1, 0.15) is 17.0 Å². The van der Waals surface area contributed by atoms with E-state index in [1.54, 1.807) is 6.07 Å². The van der Waals surface area contributed by atoms with E-state index in [4.69, 9.17) is 23.2 Å². The number of nitrogens with one attached hydrogen (secondary N) is 1. The molecule has 0 saturated carbocycles. The van der Waals surface area contributed by atoms with Crippen molar-refractivity contribution in [1.82, 2.24) is 15.3 Å². The van der Waals surface area contributed by atoms with Gasteiger partial charge in [-0.1, -0.05) is 23.2 Å². The Kier molecular flexibility index (Phi) is 3.44. The molecule has 1 aromatic carbocycles. The molecule has 0 radical (unpaired) electrons. The zero-order chi connectivity index (χ0) is 13.4. The third-order valence-corrected chi connectivity index (χ3v) is 3.70. The van der Waals surface area contributed by atoms with Crippen LogP contribution in [-0.2, 0) is 13.0 Å². The van der Waals surface area contributed by atoms with Crippen LogP contribution in [0, 0.1) is 6.92 Å². The number of aryl methyl sites for hydroxylation is 1. The van der Waals surface area contributed by atoms with E-state index < -0.39 is 0 Å². The molecule has 1 N–H and O–H groups in total.